The van der Waals surface area contributed by atoms with Crippen LogP contribution in [-0.4, -0.2) is 16.5 Å². The fourth-order valence-electron chi connectivity index (χ4n) is 1.76. The zero-order valence-corrected chi connectivity index (χ0v) is 12.8. The molecule has 0 spiro atoms. The molecule has 4 heteroatoms. The lowest BCUT2D eigenvalue weighted by Crippen LogP contribution is -2.02. The summed E-state index contributed by atoms with van der Waals surface area (Å²) in [6.07, 6.45) is 2.20. The summed E-state index contributed by atoms with van der Waals surface area (Å²) in [4.78, 5) is 16.4. The number of aryl methyl sites for hydroxylation is 2. The second-order valence-electron chi connectivity index (χ2n) is 4.41. The van der Waals surface area contributed by atoms with Crippen molar-refractivity contribution in [1.82, 2.24) is 4.98 Å². The summed E-state index contributed by atoms with van der Waals surface area (Å²) >= 11 is 3.11. The minimum Gasteiger partial charge on any atom is -0.293 e. The molecule has 2 nitrogen and oxygen atoms in total. The molecule has 0 atom stereocenters. The number of hydrogen-bond donors (Lipinski definition) is 0. The van der Waals surface area contributed by atoms with E-state index < -0.39 is 0 Å². The summed E-state index contributed by atoms with van der Waals surface area (Å²) in [7, 11) is 0. The molecule has 0 radical (unpaired) electrons. The second-order valence-corrected chi connectivity index (χ2v) is 6.49. The van der Waals surface area contributed by atoms with Gasteiger partial charge < -0.3 is 0 Å². The molecule has 0 aliphatic carbocycles. The van der Waals surface area contributed by atoms with Crippen LogP contribution in [0.4, 0.5) is 0 Å². The SMILES string of the molecule is CCCc1ccc(C(=O)CSc2nc(C)cs2)cc1. The summed E-state index contributed by atoms with van der Waals surface area (Å²) in [5.74, 6) is 0.626. The van der Waals surface area contributed by atoms with Crippen molar-refractivity contribution in [3.63, 3.8) is 0 Å². The van der Waals surface area contributed by atoms with E-state index in [0.29, 0.717) is 5.75 Å². The van der Waals surface area contributed by atoms with Gasteiger partial charge in [-0.25, -0.2) is 4.98 Å². The van der Waals surface area contributed by atoms with Gasteiger partial charge in [0.25, 0.3) is 0 Å². The van der Waals surface area contributed by atoms with E-state index in [1.165, 1.54) is 17.3 Å². The fraction of sp³-hybridized carbons (Fsp3) is 0.333. The normalized spacial score (nSPS) is 10.6. The number of thiazole rings is 1. The highest BCUT2D eigenvalue weighted by Crippen LogP contribution is 2.23. The molecule has 0 bridgehead atoms. The van der Waals surface area contributed by atoms with Crippen LogP contribution in [0.15, 0.2) is 34.0 Å². The van der Waals surface area contributed by atoms with Crippen LogP contribution in [0.25, 0.3) is 0 Å². The largest absolute Gasteiger partial charge is 0.293 e. The molecule has 0 saturated heterocycles. The number of thioether (sulfide) groups is 1. The smallest absolute Gasteiger partial charge is 0.173 e. The number of carbonyl (C=O) groups is 1. The van der Waals surface area contributed by atoms with Crippen molar-refractivity contribution in [2.24, 2.45) is 0 Å². The number of ketones is 1. The van der Waals surface area contributed by atoms with Gasteiger partial charge >= 0.3 is 0 Å². The van der Waals surface area contributed by atoms with Crippen molar-refractivity contribution in [3.05, 3.63) is 46.5 Å². The minimum absolute atomic E-state index is 0.168. The van der Waals surface area contributed by atoms with Gasteiger partial charge in [0, 0.05) is 16.6 Å². The van der Waals surface area contributed by atoms with Gasteiger partial charge in [-0.15, -0.1) is 11.3 Å². The Balaban J connectivity index is 1.92. The number of nitrogens with zero attached hydrogens (tertiary/aromatic N) is 1. The van der Waals surface area contributed by atoms with Gasteiger partial charge in [-0.05, 0) is 18.9 Å². The average molecular weight is 291 g/mol. The summed E-state index contributed by atoms with van der Waals surface area (Å²) in [6, 6.07) is 7.96. The monoisotopic (exact) mass is 291 g/mol. The van der Waals surface area contributed by atoms with Gasteiger partial charge in [-0.1, -0.05) is 49.4 Å². The van der Waals surface area contributed by atoms with Gasteiger partial charge in [0.05, 0.1) is 5.75 Å². The molecule has 100 valence electrons. The van der Waals surface area contributed by atoms with Gasteiger partial charge in [0.15, 0.2) is 10.1 Å². The lowest BCUT2D eigenvalue weighted by molar-refractivity contribution is 0.102. The molecule has 0 aliphatic heterocycles. The number of aromatic nitrogens is 1. The zero-order chi connectivity index (χ0) is 13.7. The third-order valence-electron chi connectivity index (χ3n) is 2.74. The zero-order valence-electron chi connectivity index (χ0n) is 11.2. The highest BCUT2D eigenvalue weighted by atomic mass is 32.2. The van der Waals surface area contributed by atoms with Crippen molar-refractivity contribution in [2.75, 3.05) is 5.75 Å². The standard InChI is InChI=1S/C15H17NOS2/c1-3-4-12-5-7-13(8-6-12)14(17)10-19-15-16-11(2)9-18-15/h5-9H,3-4,10H2,1-2H3. The number of hydrogen-bond acceptors (Lipinski definition) is 4. The van der Waals surface area contributed by atoms with Gasteiger partial charge in [0.2, 0.25) is 0 Å². The molecule has 2 aromatic rings. The number of benzene rings is 1. The quantitative estimate of drug-likeness (QED) is 0.584. The molecule has 0 unspecified atom stereocenters. The Bertz CT molecular complexity index is 546. The van der Waals surface area contributed by atoms with E-state index in [0.717, 1.165) is 28.4 Å². The van der Waals surface area contributed by atoms with Crippen molar-refractivity contribution < 1.29 is 4.79 Å². The summed E-state index contributed by atoms with van der Waals surface area (Å²) < 4.78 is 0.966. The van der Waals surface area contributed by atoms with E-state index in [1.54, 1.807) is 11.3 Å². The first-order valence-electron chi connectivity index (χ1n) is 6.36. The maximum absolute atomic E-state index is 12.0. The van der Waals surface area contributed by atoms with E-state index in [4.69, 9.17) is 0 Å². The molecule has 2 rings (SSSR count). The van der Waals surface area contributed by atoms with Crippen LogP contribution in [-0.2, 0) is 6.42 Å². The Morgan fingerprint density at radius 3 is 2.63 bits per heavy atom. The Morgan fingerprint density at radius 1 is 1.32 bits per heavy atom. The van der Waals surface area contributed by atoms with Crippen LogP contribution in [0.5, 0.6) is 0 Å². The van der Waals surface area contributed by atoms with Crippen LogP contribution < -0.4 is 0 Å². The lowest BCUT2D eigenvalue weighted by atomic mass is 10.1. The van der Waals surface area contributed by atoms with E-state index in [1.807, 2.05) is 24.4 Å². The van der Waals surface area contributed by atoms with Crippen LogP contribution in [0.1, 0.15) is 35.0 Å². The highest BCUT2D eigenvalue weighted by Gasteiger charge is 2.08. The minimum atomic E-state index is 0.168. The molecule has 1 aromatic heterocycles. The number of Topliss-reactive ketones (excluding diaryl/α,β-unsaturated/α-hetero) is 1. The molecule has 0 aliphatic rings. The fourth-order valence-corrected chi connectivity index (χ4v) is 3.50. The van der Waals surface area contributed by atoms with E-state index in [-0.39, 0.29) is 5.78 Å². The van der Waals surface area contributed by atoms with Gasteiger partial charge in [0.1, 0.15) is 0 Å². The molecular formula is C15H17NOS2. The van der Waals surface area contributed by atoms with Crippen LogP contribution in [0, 0.1) is 6.92 Å². The Hall–Kier alpha value is -1.13. The molecule has 0 saturated carbocycles. The maximum atomic E-state index is 12.0. The lowest BCUT2D eigenvalue weighted by Gasteiger charge is -2.02. The molecule has 1 heterocycles. The van der Waals surface area contributed by atoms with Gasteiger partial charge in [-0.3, -0.25) is 4.79 Å². The van der Waals surface area contributed by atoms with Crippen LogP contribution in [0.3, 0.4) is 0 Å². The Morgan fingerprint density at radius 2 is 2.05 bits per heavy atom. The second kappa shape index (κ2) is 6.87. The Labute approximate surface area is 122 Å². The summed E-state index contributed by atoms with van der Waals surface area (Å²) in [6.45, 7) is 4.13. The molecule has 0 amide bonds. The number of rotatable bonds is 6. The first-order chi connectivity index (χ1) is 9.19. The van der Waals surface area contributed by atoms with Crippen molar-refractivity contribution >= 4 is 28.9 Å². The van der Waals surface area contributed by atoms with E-state index >= 15 is 0 Å². The van der Waals surface area contributed by atoms with Crippen molar-refractivity contribution in [2.45, 2.75) is 31.0 Å². The summed E-state index contributed by atoms with van der Waals surface area (Å²) in [5, 5.41) is 2.01. The van der Waals surface area contributed by atoms with E-state index in [2.05, 4.69) is 24.0 Å². The van der Waals surface area contributed by atoms with Crippen LogP contribution >= 0.6 is 23.1 Å². The number of carbonyl (C=O) groups excluding carboxylic acids is 1. The molecule has 19 heavy (non-hydrogen) atoms. The van der Waals surface area contributed by atoms with Crippen molar-refractivity contribution in [1.29, 1.82) is 0 Å². The highest BCUT2D eigenvalue weighted by molar-refractivity contribution is 8.01. The Kier molecular flexibility index (Phi) is 5.16. The third-order valence-corrected chi connectivity index (χ3v) is 4.88. The topological polar surface area (TPSA) is 30.0 Å². The average Bonchev–Trinajstić information content (AvgIpc) is 2.83. The van der Waals surface area contributed by atoms with Gasteiger partial charge in [-0.2, -0.15) is 0 Å². The predicted molar refractivity (Wildman–Crippen MR) is 82.3 cm³/mol. The third kappa shape index (κ3) is 4.18. The predicted octanol–water partition coefficient (Wildman–Crippen LogP) is 4.38. The maximum Gasteiger partial charge on any atom is 0.173 e. The molecule has 0 fully saturated rings. The van der Waals surface area contributed by atoms with E-state index in [9.17, 15) is 4.79 Å². The van der Waals surface area contributed by atoms with Crippen LogP contribution in [0.2, 0.25) is 0 Å². The first kappa shape index (κ1) is 14.3. The molecular weight excluding hydrogens is 274 g/mol. The summed E-state index contributed by atoms with van der Waals surface area (Å²) in [5.41, 5.74) is 3.10. The molecule has 0 N–H and O–H groups in total. The molecule has 1 aromatic carbocycles. The van der Waals surface area contributed by atoms with Crippen molar-refractivity contribution in [3.8, 4) is 0 Å². The first-order valence-corrected chi connectivity index (χ1v) is 8.22.